The average molecular weight is 474 g/mol. The molecule has 4 rings (SSSR count). The fraction of sp³-hybridized carbons (Fsp3) is 0.257. The van der Waals surface area contributed by atoms with Crippen LogP contribution in [0, 0.1) is 0 Å². The normalized spacial score (nSPS) is 11.4. The maximum Gasteiger partial charge on any atom is 0.0314 e. The van der Waals surface area contributed by atoms with E-state index in [2.05, 4.69) is 126 Å². The van der Waals surface area contributed by atoms with Gasteiger partial charge < -0.3 is 5.73 Å². The zero-order valence-corrected chi connectivity index (χ0v) is 22.5. The third-order valence-electron chi connectivity index (χ3n) is 7.05. The Bertz CT molecular complexity index is 1250. The van der Waals surface area contributed by atoms with Crippen LogP contribution in [0.1, 0.15) is 98.2 Å². The fourth-order valence-electron chi connectivity index (χ4n) is 4.66. The zero-order valence-electron chi connectivity index (χ0n) is 22.5. The number of benzene rings is 4. The van der Waals surface area contributed by atoms with Crippen molar-refractivity contribution < 1.29 is 0 Å². The first-order valence-electron chi connectivity index (χ1n) is 13.2. The van der Waals surface area contributed by atoms with E-state index in [1.165, 1.54) is 44.5 Å². The molecule has 0 saturated carbocycles. The molecule has 0 unspecified atom stereocenters. The van der Waals surface area contributed by atoms with Gasteiger partial charge in [-0.3, -0.25) is 0 Å². The highest BCUT2D eigenvalue weighted by molar-refractivity contribution is 6.04. The third kappa shape index (κ3) is 5.62. The van der Waals surface area contributed by atoms with Crippen molar-refractivity contribution in [2.75, 3.05) is 5.73 Å². The number of hydrogen-bond acceptors (Lipinski definition) is 1. The van der Waals surface area contributed by atoms with Gasteiger partial charge in [0.1, 0.15) is 0 Å². The lowest BCUT2D eigenvalue weighted by Gasteiger charge is -2.20. The molecule has 0 amide bonds. The maximum absolute atomic E-state index is 6.09. The van der Waals surface area contributed by atoms with Gasteiger partial charge in [0.25, 0.3) is 0 Å². The molecule has 0 atom stereocenters. The minimum absolute atomic E-state index is 0.495. The Kier molecular flexibility index (Phi) is 7.79. The molecule has 1 nitrogen and oxygen atoms in total. The van der Waals surface area contributed by atoms with E-state index >= 15 is 0 Å². The minimum atomic E-state index is 0.495. The van der Waals surface area contributed by atoms with E-state index in [0.717, 1.165) is 11.3 Å². The van der Waals surface area contributed by atoms with Crippen LogP contribution in [0.4, 0.5) is 5.69 Å². The Balaban J connectivity index is 2.03. The summed E-state index contributed by atoms with van der Waals surface area (Å²) >= 11 is 0. The smallest absolute Gasteiger partial charge is 0.0314 e. The van der Waals surface area contributed by atoms with Crippen LogP contribution in [0.25, 0.3) is 11.1 Å². The topological polar surface area (TPSA) is 26.0 Å². The number of anilines is 1. The molecule has 0 aliphatic heterocycles. The SMILES string of the molecule is CC(C)c1ccc(C(=C(c2ccc(C(C)C)cc2)c2ccc(C(C)C)cc2)c2ccc(N)cc2)cc1. The van der Waals surface area contributed by atoms with Crippen molar-refractivity contribution >= 4 is 16.8 Å². The summed E-state index contributed by atoms with van der Waals surface area (Å²) in [5.41, 5.74) is 18.2. The van der Waals surface area contributed by atoms with Gasteiger partial charge in [0.15, 0.2) is 0 Å². The summed E-state index contributed by atoms with van der Waals surface area (Å²) in [6.07, 6.45) is 0. The van der Waals surface area contributed by atoms with Crippen molar-refractivity contribution in [3.05, 3.63) is 136 Å². The predicted molar refractivity (Wildman–Crippen MR) is 157 cm³/mol. The van der Waals surface area contributed by atoms with E-state index in [1.54, 1.807) is 0 Å². The summed E-state index contributed by atoms with van der Waals surface area (Å²) in [4.78, 5) is 0. The van der Waals surface area contributed by atoms with E-state index in [4.69, 9.17) is 5.73 Å². The molecule has 4 aromatic carbocycles. The summed E-state index contributed by atoms with van der Waals surface area (Å²) in [5, 5.41) is 0. The highest BCUT2D eigenvalue weighted by atomic mass is 14.5. The Labute approximate surface area is 217 Å². The van der Waals surface area contributed by atoms with Crippen molar-refractivity contribution in [2.24, 2.45) is 0 Å². The molecular weight excluding hydrogens is 434 g/mol. The summed E-state index contributed by atoms with van der Waals surface area (Å²) in [5.74, 6) is 1.49. The number of nitrogens with two attached hydrogens (primary N) is 1. The highest BCUT2D eigenvalue weighted by Crippen LogP contribution is 2.38. The van der Waals surface area contributed by atoms with Crippen LogP contribution in [0.3, 0.4) is 0 Å². The maximum atomic E-state index is 6.09. The first-order valence-corrected chi connectivity index (χ1v) is 13.2. The molecule has 0 saturated heterocycles. The molecule has 0 heterocycles. The van der Waals surface area contributed by atoms with Crippen molar-refractivity contribution in [1.82, 2.24) is 0 Å². The van der Waals surface area contributed by atoms with Gasteiger partial charge >= 0.3 is 0 Å². The lowest BCUT2D eigenvalue weighted by Crippen LogP contribution is -2.00. The predicted octanol–water partition coefficient (Wildman–Crippen LogP) is 9.65. The Morgan fingerprint density at radius 1 is 0.389 bits per heavy atom. The van der Waals surface area contributed by atoms with Crippen molar-refractivity contribution in [3.8, 4) is 0 Å². The van der Waals surface area contributed by atoms with Gasteiger partial charge in [0, 0.05) is 5.69 Å². The van der Waals surface area contributed by atoms with Crippen molar-refractivity contribution in [3.63, 3.8) is 0 Å². The molecule has 4 aromatic rings. The van der Waals surface area contributed by atoms with Gasteiger partial charge in [-0.2, -0.15) is 0 Å². The summed E-state index contributed by atoms with van der Waals surface area (Å²) in [6.45, 7) is 13.4. The summed E-state index contributed by atoms with van der Waals surface area (Å²) < 4.78 is 0. The molecular formula is C35H39N. The van der Waals surface area contributed by atoms with Gasteiger partial charge in [0.05, 0.1) is 0 Å². The lowest BCUT2D eigenvalue weighted by atomic mass is 9.84. The average Bonchev–Trinajstić information content (AvgIpc) is 2.88. The molecule has 0 bridgehead atoms. The third-order valence-corrected chi connectivity index (χ3v) is 7.05. The Morgan fingerprint density at radius 2 is 0.611 bits per heavy atom. The van der Waals surface area contributed by atoms with Crippen LogP contribution in [-0.4, -0.2) is 0 Å². The van der Waals surface area contributed by atoms with Crippen molar-refractivity contribution in [1.29, 1.82) is 0 Å². The quantitative estimate of drug-likeness (QED) is 0.210. The monoisotopic (exact) mass is 473 g/mol. The molecule has 0 spiro atoms. The number of rotatable bonds is 7. The molecule has 2 N–H and O–H groups in total. The standard InChI is InChI=1S/C35H39N/c1-23(2)26-7-13-29(14-8-26)34(30-15-9-27(10-16-30)24(3)4)35(32-19-21-33(36)22-20-32)31-17-11-28(12-18-31)25(5)6/h7-25H,36H2,1-6H3. The first kappa shape index (κ1) is 25.5. The van der Waals surface area contributed by atoms with Gasteiger partial charge in [-0.15, -0.1) is 0 Å². The number of hydrogen-bond donors (Lipinski definition) is 1. The molecule has 0 fully saturated rings. The van der Waals surface area contributed by atoms with E-state index in [0.29, 0.717) is 17.8 Å². The highest BCUT2D eigenvalue weighted by Gasteiger charge is 2.17. The van der Waals surface area contributed by atoms with E-state index < -0.39 is 0 Å². The van der Waals surface area contributed by atoms with Gasteiger partial charge in [-0.1, -0.05) is 126 Å². The molecule has 184 valence electrons. The first-order chi connectivity index (χ1) is 17.2. The van der Waals surface area contributed by atoms with Crippen LogP contribution in [0.15, 0.2) is 97.1 Å². The minimum Gasteiger partial charge on any atom is -0.399 e. The van der Waals surface area contributed by atoms with Gasteiger partial charge in [0.2, 0.25) is 0 Å². The molecule has 36 heavy (non-hydrogen) atoms. The molecule has 0 aliphatic carbocycles. The van der Waals surface area contributed by atoms with Crippen LogP contribution < -0.4 is 5.73 Å². The molecule has 0 aliphatic rings. The second kappa shape index (κ2) is 11.0. The van der Waals surface area contributed by atoms with Gasteiger partial charge in [-0.05, 0) is 80.0 Å². The van der Waals surface area contributed by atoms with Crippen LogP contribution in [0.5, 0.6) is 0 Å². The zero-order chi connectivity index (χ0) is 25.8. The summed E-state index contributed by atoms with van der Waals surface area (Å²) in [6, 6.07) is 35.5. The largest absolute Gasteiger partial charge is 0.399 e. The number of nitrogen functional groups attached to an aromatic ring is 1. The van der Waals surface area contributed by atoms with E-state index in [1.807, 2.05) is 12.1 Å². The fourth-order valence-corrected chi connectivity index (χ4v) is 4.66. The van der Waals surface area contributed by atoms with E-state index in [9.17, 15) is 0 Å². The van der Waals surface area contributed by atoms with Gasteiger partial charge in [-0.25, -0.2) is 0 Å². The Morgan fingerprint density at radius 3 is 0.833 bits per heavy atom. The molecule has 1 heteroatoms. The molecule has 0 radical (unpaired) electrons. The van der Waals surface area contributed by atoms with Crippen LogP contribution >= 0.6 is 0 Å². The van der Waals surface area contributed by atoms with Crippen molar-refractivity contribution in [2.45, 2.75) is 59.3 Å². The van der Waals surface area contributed by atoms with Crippen LogP contribution in [0.2, 0.25) is 0 Å². The lowest BCUT2D eigenvalue weighted by molar-refractivity contribution is 0.866. The van der Waals surface area contributed by atoms with Crippen LogP contribution in [-0.2, 0) is 0 Å². The second-order valence-electron chi connectivity index (χ2n) is 10.7. The second-order valence-corrected chi connectivity index (χ2v) is 10.7. The Hall–Kier alpha value is -3.58. The molecule has 0 aromatic heterocycles. The summed E-state index contributed by atoms with van der Waals surface area (Å²) in [7, 11) is 0. The van der Waals surface area contributed by atoms with E-state index in [-0.39, 0.29) is 0 Å².